The zero-order valence-electron chi connectivity index (χ0n) is 7.88. The molecule has 0 heterocycles. The van der Waals surface area contributed by atoms with Crippen molar-refractivity contribution in [3.8, 4) is 5.75 Å². The molecular weight excluding hydrogens is 167 g/mol. The minimum atomic E-state index is -0.242. The zero-order valence-corrected chi connectivity index (χ0v) is 7.88. The molecule has 2 heteroatoms. The van der Waals surface area contributed by atoms with Crippen molar-refractivity contribution in [2.24, 2.45) is 0 Å². The van der Waals surface area contributed by atoms with Crippen LogP contribution in [0.25, 0.3) is 0 Å². The van der Waals surface area contributed by atoms with Crippen molar-refractivity contribution in [3.63, 3.8) is 0 Å². The Labute approximate surface area is 77.8 Å². The van der Waals surface area contributed by atoms with E-state index in [-0.39, 0.29) is 11.9 Å². The molecule has 0 aliphatic heterocycles. The van der Waals surface area contributed by atoms with Gasteiger partial charge in [-0.25, -0.2) is 4.39 Å². The van der Waals surface area contributed by atoms with Crippen molar-refractivity contribution < 1.29 is 9.13 Å². The maximum atomic E-state index is 13.0. The van der Waals surface area contributed by atoms with Crippen molar-refractivity contribution >= 4 is 0 Å². The fraction of sp³-hybridized carbons (Fsp3) is 0.273. The molecule has 0 fully saturated rings. The van der Waals surface area contributed by atoms with Gasteiger partial charge in [-0.05, 0) is 25.5 Å². The first-order valence-corrected chi connectivity index (χ1v) is 4.19. The van der Waals surface area contributed by atoms with Gasteiger partial charge >= 0.3 is 0 Å². The maximum Gasteiger partial charge on any atom is 0.129 e. The molecule has 0 radical (unpaired) electrons. The summed E-state index contributed by atoms with van der Waals surface area (Å²) in [6.07, 6.45) is 1.57. The standard InChI is InChI=1S/C11H13FO/c1-4-9(3)13-10-6-5-8(2)11(12)7-10/h4-7,9H,1H2,2-3H3. The van der Waals surface area contributed by atoms with Gasteiger partial charge in [0.2, 0.25) is 0 Å². The summed E-state index contributed by atoms with van der Waals surface area (Å²) in [4.78, 5) is 0. The average Bonchev–Trinajstić information content (AvgIpc) is 2.11. The van der Waals surface area contributed by atoms with Crippen LogP contribution in [0.15, 0.2) is 30.9 Å². The largest absolute Gasteiger partial charge is 0.487 e. The van der Waals surface area contributed by atoms with Crippen LogP contribution in [0.3, 0.4) is 0 Å². The van der Waals surface area contributed by atoms with Gasteiger partial charge in [0.05, 0.1) is 0 Å². The molecule has 0 bridgehead atoms. The Bertz CT molecular complexity index is 307. The van der Waals surface area contributed by atoms with E-state index in [4.69, 9.17) is 4.74 Å². The molecule has 1 aromatic carbocycles. The number of hydrogen-bond donors (Lipinski definition) is 0. The Morgan fingerprint density at radius 2 is 2.23 bits per heavy atom. The quantitative estimate of drug-likeness (QED) is 0.649. The van der Waals surface area contributed by atoms with Crippen molar-refractivity contribution in [2.75, 3.05) is 0 Å². The van der Waals surface area contributed by atoms with Gasteiger partial charge in [0.15, 0.2) is 0 Å². The minimum Gasteiger partial charge on any atom is -0.487 e. The van der Waals surface area contributed by atoms with E-state index in [0.29, 0.717) is 11.3 Å². The molecule has 0 amide bonds. The van der Waals surface area contributed by atoms with Crippen LogP contribution in [-0.2, 0) is 0 Å². The molecule has 0 saturated heterocycles. The fourth-order valence-corrected chi connectivity index (χ4v) is 0.910. The average molecular weight is 180 g/mol. The molecule has 1 nitrogen and oxygen atoms in total. The van der Waals surface area contributed by atoms with Crippen molar-refractivity contribution in [1.82, 2.24) is 0 Å². The molecule has 0 saturated carbocycles. The first-order chi connectivity index (χ1) is 6.13. The van der Waals surface area contributed by atoms with Crippen molar-refractivity contribution in [1.29, 1.82) is 0 Å². The van der Waals surface area contributed by atoms with Gasteiger partial charge < -0.3 is 4.74 Å². The molecule has 70 valence electrons. The van der Waals surface area contributed by atoms with Crippen LogP contribution in [0, 0.1) is 12.7 Å². The van der Waals surface area contributed by atoms with Crippen LogP contribution in [0.4, 0.5) is 4.39 Å². The van der Waals surface area contributed by atoms with E-state index >= 15 is 0 Å². The van der Waals surface area contributed by atoms with Gasteiger partial charge in [-0.15, -0.1) is 0 Å². The second-order valence-corrected chi connectivity index (χ2v) is 2.97. The zero-order chi connectivity index (χ0) is 9.84. The second-order valence-electron chi connectivity index (χ2n) is 2.97. The summed E-state index contributed by atoms with van der Waals surface area (Å²) < 4.78 is 18.4. The second kappa shape index (κ2) is 4.08. The lowest BCUT2D eigenvalue weighted by Crippen LogP contribution is -2.07. The molecule has 0 spiro atoms. The lowest BCUT2D eigenvalue weighted by molar-refractivity contribution is 0.269. The van der Waals surface area contributed by atoms with Gasteiger partial charge in [0, 0.05) is 6.07 Å². The highest BCUT2D eigenvalue weighted by Crippen LogP contribution is 2.17. The summed E-state index contributed by atoms with van der Waals surface area (Å²) in [6.45, 7) is 7.15. The number of hydrogen-bond acceptors (Lipinski definition) is 1. The van der Waals surface area contributed by atoms with E-state index in [1.165, 1.54) is 6.07 Å². The smallest absolute Gasteiger partial charge is 0.129 e. The van der Waals surface area contributed by atoms with Gasteiger partial charge in [-0.3, -0.25) is 0 Å². The Hall–Kier alpha value is -1.31. The summed E-state index contributed by atoms with van der Waals surface area (Å²) in [5, 5.41) is 0. The SMILES string of the molecule is C=CC(C)Oc1ccc(C)c(F)c1. The predicted molar refractivity (Wildman–Crippen MR) is 51.4 cm³/mol. The van der Waals surface area contributed by atoms with Gasteiger partial charge in [0.25, 0.3) is 0 Å². The fourth-order valence-electron chi connectivity index (χ4n) is 0.910. The van der Waals surface area contributed by atoms with E-state index in [1.807, 2.05) is 6.92 Å². The monoisotopic (exact) mass is 180 g/mol. The van der Waals surface area contributed by atoms with Crippen LogP contribution in [0.1, 0.15) is 12.5 Å². The molecule has 0 N–H and O–H groups in total. The summed E-state index contributed by atoms with van der Waals surface area (Å²) >= 11 is 0. The van der Waals surface area contributed by atoms with Crippen LogP contribution in [0.2, 0.25) is 0 Å². The molecule has 1 rings (SSSR count). The normalized spacial score (nSPS) is 12.2. The van der Waals surface area contributed by atoms with Gasteiger partial charge in [-0.2, -0.15) is 0 Å². The van der Waals surface area contributed by atoms with Crippen LogP contribution in [-0.4, -0.2) is 6.10 Å². The molecule has 1 atom stereocenters. The van der Waals surface area contributed by atoms with E-state index in [1.54, 1.807) is 25.1 Å². The molecule has 1 aromatic rings. The summed E-state index contributed by atoms with van der Waals surface area (Å²) in [5.41, 5.74) is 0.624. The Morgan fingerprint density at radius 3 is 2.77 bits per heavy atom. The summed E-state index contributed by atoms with van der Waals surface area (Å²) in [6, 6.07) is 4.83. The first kappa shape index (κ1) is 9.78. The predicted octanol–water partition coefficient (Wildman–Crippen LogP) is 3.09. The Morgan fingerprint density at radius 1 is 1.54 bits per heavy atom. The van der Waals surface area contributed by atoms with E-state index in [9.17, 15) is 4.39 Å². The molecule has 0 aliphatic carbocycles. The Balaban J connectivity index is 2.79. The number of ether oxygens (including phenoxy) is 1. The topological polar surface area (TPSA) is 9.23 Å². The Kier molecular flexibility index (Phi) is 3.07. The molecule has 0 aliphatic rings. The highest BCUT2D eigenvalue weighted by atomic mass is 19.1. The minimum absolute atomic E-state index is 0.0953. The lowest BCUT2D eigenvalue weighted by Gasteiger charge is -2.10. The number of halogens is 1. The highest BCUT2D eigenvalue weighted by molar-refractivity contribution is 5.28. The lowest BCUT2D eigenvalue weighted by atomic mass is 10.2. The van der Waals surface area contributed by atoms with Crippen molar-refractivity contribution in [3.05, 3.63) is 42.2 Å². The molecule has 13 heavy (non-hydrogen) atoms. The third-order valence-corrected chi connectivity index (χ3v) is 1.80. The van der Waals surface area contributed by atoms with Gasteiger partial charge in [0.1, 0.15) is 17.7 Å². The number of rotatable bonds is 3. The summed E-state index contributed by atoms with van der Waals surface area (Å²) in [7, 11) is 0. The highest BCUT2D eigenvalue weighted by Gasteiger charge is 2.02. The maximum absolute atomic E-state index is 13.0. The number of aryl methyl sites for hydroxylation is 1. The van der Waals surface area contributed by atoms with Crippen LogP contribution >= 0.6 is 0 Å². The molecular formula is C11H13FO. The third-order valence-electron chi connectivity index (χ3n) is 1.80. The van der Waals surface area contributed by atoms with Crippen LogP contribution < -0.4 is 4.74 Å². The van der Waals surface area contributed by atoms with E-state index in [0.717, 1.165) is 0 Å². The number of benzene rings is 1. The van der Waals surface area contributed by atoms with Crippen LogP contribution in [0.5, 0.6) is 5.75 Å². The summed E-state index contributed by atoms with van der Waals surface area (Å²) in [5.74, 6) is 0.296. The van der Waals surface area contributed by atoms with E-state index in [2.05, 4.69) is 6.58 Å². The first-order valence-electron chi connectivity index (χ1n) is 4.19. The molecule has 1 unspecified atom stereocenters. The van der Waals surface area contributed by atoms with Crippen molar-refractivity contribution in [2.45, 2.75) is 20.0 Å². The van der Waals surface area contributed by atoms with E-state index < -0.39 is 0 Å². The van der Waals surface area contributed by atoms with Gasteiger partial charge in [-0.1, -0.05) is 18.7 Å². The molecule has 0 aromatic heterocycles. The third kappa shape index (κ3) is 2.58.